The third kappa shape index (κ3) is 2.77. The monoisotopic (exact) mass is 251 g/mol. The van der Waals surface area contributed by atoms with Gasteiger partial charge in [-0.05, 0) is 18.6 Å². The summed E-state index contributed by atoms with van der Waals surface area (Å²) in [4.78, 5) is 13.5. The molecule has 0 saturated heterocycles. The van der Waals surface area contributed by atoms with Crippen molar-refractivity contribution in [1.82, 2.24) is 15.2 Å². The summed E-state index contributed by atoms with van der Waals surface area (Å²) in [5, 5.41) is 6.07. The van der Waals surface area contributed by atoms with Crippen LogP contribution in [0.5, 0.6) is 5.75 Å². The van der Waals surface area contributed by atoms with Gasteiger partial charge < -0.3 is 4.74 Å². The van der Waals surface area contributed by atoms with Gasteiger partial charge in [0.15, 0.2) is 5.82 Å². The van der Waals surface area contributed by atoms with Crippen molar-refractivity contribution < 1.29 is 9.13 Å². The lowest BCUT2D eigenvalue weighted by molar-refractivity contribution is 0.309. The highest BCUT2D eigenvalue weighted by Gasteiger charge is 2.11. The second kappa shape index (κ2) is 5.48. The Morgan fingerprint density at radius 3 is 2.94 bits per heavy atom. The maximum atomic E-state index is 13.2. The van der Waals surface area contributed by atoms with E-state index in [0.717, 1.165) is 12.8 Å². The molecular weight excluding hydrogens is 237 g/mol. The lowest BCUT2D eigenvalue weighted by Crippen LogP contribution is -2.01. The van der Waals surface area contributed by atoms with Crippen LogP contribution in [0, 0.1) is 5.82 Å². The van der Waals surface area contributed by atoms with E-state index in [1.54, 1.807) is 0 Å². The zero-order valence-corrected chi connectivity index (χ0v) is 10.00. The number of ether oxygens (including phenoxy) is 1. The Bertz CT molecular complexity index is 577. The number of rotatable bonds is 5. The summed E-state index contributed by atoms with van der Waals surface area (Å²) in [6.45, 7) is 2.54. The molecule has 2 N–H and O–H groups in total. The summed E-state index contributed by atoms with van der Waals surface area (Å²) < 4.78 is 18.7. The van der Waals surface area contributed by atoms with Crippen LogP contribution in [-0.2, 0) is 0 Å². The smallest absolute Gasteiger partial charge is 0.340 e. The van der Waals surface area contributed by atoms with Crippen LogP contribution in [0.25, 0.3) is 11.4 Å². The highest BCUT2D eigenvalue weighted by Crippen LogP contribution is 2.27. The molecule has 96 valence electrons. The molecule has 1 heterocycles. The van der Waals surface area contributed by atoms with Gasteiger partial charge in [0, 0.05) is 6.07 Å². The van der Waals surface area contributed by atoms with Crippen molar-refractivity contribution in [2.45, 2.75) is 19.8 Å². The first kappa shape index (κ1) is 12.3. The van der Waals surface area contributed by atoms with Gasteiger partial charge in [0.25, 0.3) is 0 Å². The number of aromatic amines is 2. The summed E-state index contributed by atoms with van der Waals surface area (Å²) in [5.74, 6) is 0.334. The fourth-order valence-electron chi connectivity index (χ4n) is 1.54. The number of benzene rings is 1. The van der Waals surface area contributed by atoms with E-state index in [-0.39, 0.29) is 5.82 Å². The maximum absolute atomic E-state index is 13.2. The van der Waals surface area contributed by atoms with Gasteiger partial charge in [0.1, 0.15) is 11.6 Å². The number of aromatic nitrogens is 3. The Morgan fingerprint density at radius 2 is 2.28 bits per heavy atom. The second-order valence-corrected chi connectivity index (χ2v) is 3.87. The number of hydrogen-bond acceptors (Lipinski definition) is 3. The molecule has 0 bridgehead atoms. The number of unbranched alkanes of at least 4 members (excludes halogenated alkanes) is 1. The fraction of sp³-hybridized carbons (Fsp3) is 0.333. The second-order valence-electron chi connectivity index (χ2n) is 3.87. The largest absolute Gasteiger partial charge is 0.493 e. The van der Waals surface area contributed by atoms with Crippen LogP contribution in [0.3, 0.4) is 0 Å². The summed E-state index contributed by atoms with van der Waals surface area (Å²) >= 11 is 0. The van der Waals surface area contributed by atoms with E-state index in [9.17, 15) is 9.18 Å². The van der Waals surface area contributed by atoms with Crippen LogP contribution < -0.4 is 10.4 Å². The van der Waals surface area contributed by atoms with E-state index in [2.05, 4.69) is 15.2 Å². The Morgan fingerprint density at radius 1 is 1.44 bits per heavy atom. The molecule has 0 atom stereocenters. The number of H-pyrrole nitrogens is 2. The van der Waals surface area contributed by atoms with Crippen LogP contribution in [0.2, 0.25) is 0 Å². The molecular formula is C12H14FN3O2. The minimum atomic E-state index is -0.408. The van der Waals surface area contributed by atoms with Crippen LogP contribution in [-0.4, -0.2) is 21.8 Å². The average molecular weight is 251 g/mol. The molecule has 0 aliphatic rings. The van der Waals surface area contributed by atoms with Crippen molar-refractivity contribution in [3.8, 4) is 17.1 Å². The molecule has 2 rings (SSSR count). The quantitative estimate of drug-likeness (QED) is 0.799. The highest BCUT2D eigenvalue weighted by molar-refractivity contribution is 5.63. The van der Waals surface area contributed by atoms with Gasteiger partial charge in [-0.3, -0.25) is 4.98 Å². The first-order valence-electron chi connectivity index (χ1n) is 5.78. The molecule has 2 aromatic rings. The van der Waals surface area contributed by atoms with Gasteiger partial charge in [-0.15, -0.1) is 0 Å². The molecule has 6 heteroatoms. The number of nitrogens with zero attached hydrogens (tertiary/aromatic N) is 1. The molecule has 0 saturated carbocycles. The van der Waals surface area contributed by atoms with Gasteiger partial charge in [-0.25, -0.2) is 14.3 Å². The fourth-order valence-corrected chi connectivity index (χ4v) is 1.54. The molecule has 0 amide bonds. The van der Waals surface area contributed by atoms with E-state index >= 15 is 0 Å². The van der Waals surface area contributed by atoms with E-state index < -0.39 is 5.69 Å². The molecule has 18 heavy (non-hydrogen) atoms. The molecule has 0 unspecified atom stereocenters. The number of hydrogen-bond donors (Lipinski definition) is 2. The summed E-state index contributed by atoms with van der Waals surface area (Å²) in [6, 6.07) is 4.12. The van der Waals surface area contributed by atoms with Crippen LogP contribution >= 0.6 is 0 Å². The van der Waals surface area contributed by atoms with E-state index in [1.165, 1.54) is 18.2 Å². The average Bonchev–Trinajstić information content (AvgIpc) is 2.76. The zero-order valence-electron chi connectivity index (χ0n) is 10.00. The lowest BCUT2D eigenvalue weighted by Gasteiger charge is -2.09. The van der Waals surface area contributed by atoms with Gasteiger partial charge in [-0.1, -0.05) is 13.3 Å². The lowest BCUT2D eigenvalue weighted by atomic mass is 10.2. The Kier molecular flexibility index (Phi) is 3.76. The minimum absolute atomic E-state index is 0.339. The normalized spacial score (nSPS) is 10.6. The van der Waals surface area contributed by atoms with Crippen molar-refractivity contribution in [2.75, 3.05) is 6.61 Å². The van der Waals surface area contributed by atoms with Gasteiger partial charge in [0.2, 0.25) is 0 Å². The number of nitrogens with one attached hydrogen (secondary N) is 2. The molecule has 0 fully saturated rings. The third-order valence-electron chi connectivity index (χ3n) is 2.46. The van der Waals surface area contributed by atoms with Crippen molar-refractivity contribution >= 4 is 0 Å². The van der Waals surface area contributed by atoms with Crippen molar-refractivity contribution in [3.05, 3.63) is 34.5 Å². The Balaban J connectivity index is 2.31. The molecule has 5 nitrogen and oxygen atoms in total. The summed E-state index contributed by atoms with van der Waals surface area (Å²) in [6.07, 6.45) is 1.87. The number of halogens is 1. The first-order chi connectivity index (χ1) is 8.70. The Hall–Kier alpha value is -2.11. The molecule has 1 aromatic carbocycles. The predicted octanol–water partition coefficient (Wildman–Crippen LogP) is 2.08. The van der Waals surface area contributed by atoms with Gasteiger partial charge >= 0.3 is 5.69 Å². The standard InChI is InChI=1S/C12H14FN3O2/c1-2-3-6-18-10-7-8(13)4-5-9(10)11-14-12(17)16-15-11/h4-5,7H,2-3,6H2,1H3,(H2,14,15,16,17). The first-order valence-corrected chi connectivity index (χ1v) is 5.78. The SMILES string of the molecule is CCCCOc1cc(F)ccc1-c1n[nH]c(=O)[nH]1. The van der Waals surface area contributed by atoms with Crippen molar-refractivity contribution in [3.63, 3.8) is 0 Å². The summed E-state index contributed by atoms with van der Waals surface area (Å²) in [5.41, 5.74) is 0.152. The molecule has 1 aromatic heterocycles. The van der Waals surface area contributed by atoms with E-state index in [1.807, 2.05) is 6.92 Å². The maximum Gasteiger partial charge on any atom is 0.340 e. The topological polar surface area (TPSA) is 70.8 Å². The van der Waals surface area contributed by atoms with Crippen molar-refractivity contribution in [1.29, 1.82) is 0 Å². The van der Waals surface area contributed by atoms with Crippen molar-refractivity contribution in [2.24, 2.45) is 0 Å². The van der Waals surface area contributed by atoms with E-state index in [4.69, 9.17) is 4.74 Å². The van der Waals surface area contributed by atoms with Crippen LogP contribution in [0.15, 0.2) is 23.0 Å². The predicted molar refractivity (Wildman–Crippen MR) is 65.0 cm³/mol. The molecule has 0 aliphatic heterocycles. The molecule has 0 aliphatic carbocycles. The Labute approximate surface area is 103 Å². The summed E-state index contributed by atoms with van der Waals surface area (Å²) in [7, 11) is 0. The zero-order chi connectivity index (χ0) is 13.0. The molecule has 0 spiro atoms. The minimum Gasteiger partial charge on any atom is -0.493 e. The van der Waals surface area contributed by atoms with Crippen LogP contribution in [0.1, 0.15) is 19.8 Å². The van der Waals surface area contributed by atoms with E-state index in [0.29, 0.717) is 23.7 Å². The third-order valence-corrected chi connectivity index (χ3v) is 2.46. The van der Waals surface area contributed by atoms with Gasteiger partial charge in [-0.2, -0.15) is 5.10 Å². The van der Waals surface area contributed by atoms with Crippen LogP contribution in [0.4, 0.5) is 4.39 Å². The van der Waals surface area contributed by atoms with Gasteiger partial charge in [0.05, 0.1) is 12.2 Å². The molecule has 0 radical (unpaired) electrons. The highest BCUT2D eigenvalue weighted by atomic mass is 19.1.